The van der Waals surface area contributed by atoms with Gasteiger partial charge < -0.3 is 14.6 Å². The van der Waals surface area contributed by atoms with Crippen molar-refractivity contribution in [3.8, 4) is 0 Å². The van der Waals surface area contributed by atoms with Crippen molar-refractivity contribution in [2.75, 3.05) is 13.1 Å². The first-order valence-electron chi connectivity index (χ1n) is 8.70. The number of carbonyl (C=O) groups excluding carboxylic acids is 1. The average Bonchev–Trinajstić information content (AvgIpc) is 2.97. The monoisotopic (exact) mass is 455 g/mol. The second-order valence-electron chi connectivity index (χ2n) is 6.80. The van der Waals surface area contributed by atoms with Crippen LogP contribution >= 0.6 is 11.3 Å². The third kappa shape index (κ3) is 4.77. The highest BCUT2D eigenvalue weighted by Gasteiger charge is 2.39. The number of nitrogens with zero attached hydrogens (tertiary/aromatic N) is 3. The van der Waals surface area contributed by atoms with Crippen molar-refractivity contribution >= 4 is 33.6 Å². The largest absolute Gasteiger partial charge is 0.473 e. The summed E-state index contributed by atoms with van der Waals surface area (Å²) in [6.07, 6.45) is -10.1. The maximum Gasteiger partial charge on any atom is 0.473 e. The maximum atomic E-state index is 13.0. The first kappa shape index (κ1) is 22.1. The lowest BCUT2D eigenvalue weighted by atomic mass is 9.97. The molecule has 1 aromatic heterocycles. The van der Waals surface area contributed by atoms with E-state index < -0.39 is 29.9 Å². The van der Waals surface area contributed by atoms with Gasteiger partial charge in [0.15, 0.2) is 4.80 Å². The van der Waals surface area contributed by atoms with E-state index in [4.69, 9.17) is 5.11 Å². The molecule has 1 aliphatic rings. The van der Waals surface area contributed by atoms with Gasteiger partial charge in [0.25, 0.3) is 0 Å². The number of likely N-dealkylation sites (tertiary alicyclic amines) is 1. The minimum absolute atomic E-state index is 0.0431. The van der Waals surface area contributed by atoms with Crippen molar-refractivity contribution in [1.29, 1.82) is 0 Å². The Hall–Kier alpha value is -2.57. The fraction of sp³-hybridized carbons (Fsp3) is 0.471. The lowest BCUT2D eigenvalue weighted by Crippen LogP contribution is -2.39. The second kappa shape index (κ2) is 7.93. The number of piperidine rings is 1. The van der Waals surface area contributed by atoms with Crippen molar-refractivity contribution in [1.82, 2.24) is 9.47 Å². The number of fused-ring (bicyclic) bond motifs is 1. The number of benzene rings is 1. The van der Waals surface area contributed by atoms with E-state index >= 15 is 0 Å². The molecule has 0 radical (unpaired) electrons. The number of carbonyl (C=O) groups is 2. The van der Waals surface area contributed by atoms with Gasteiger partial charge in [-0.25, -0.2) is 4.79 Å². The van der Waals surface area contributed by atoms with Gasteiger partial charge in [0.2, 0.25) is 0 Å². The van der Waals surface area contributed by atoms with Crippen molar-refractivity contribution in [2.24, 2.45) is 10.9 Å². The van der Waals surface area contributed by atoms with Crippen molar-refractivity contribution < 1.29 is 41.0 Å². The standard InChI is InChI=1S/C17H15F6N3O3S/c18-16(19,20)10-1-2-11-12(7-10)30-14(24-13(27)17(21,22)23)26(11)8-9-3-5-25(6-4-9)15(28)29/h1-2,7,9H,3-6,8H2,(H,28,29)/b24-14+. The van der Waals surface area contributed by atoms with Gasteiger partial charge in [0.05, 0.1) is 15.8 Å². The quantitative estimate of drug-likeness (QED) is 0.693. The number of aromatic nitrogens is 1. The average molecular weight is 455 g/mol. The predicted octanol–water partition coefficient (Wildman–Crippen LogP) is 4.10. The molecule has 1 fully saturated rings. The first-order valence-corrected chi connectivity index (χ1v) is 9.52. The lowest BCUT2D eigenvalue weighted by Gasteiger charge is -2.30. The second-order valence-corrected chi connectivity index (χ2v) is 7.81. The molecule has 0 saturated carbocycles. The van der Waals surface area contributed by atoms with E-state index in [2.05, 4.69) is 4.99 Å². The predicted molar refractivity (Wildman–Crippen MR) is 93.8 cm³/mol. The number of hydrogen-bond donors (Lipinski definition) is 1. The van der Waals surface area contributed by atoms with Gasteiger partial charge in [-0.2, -0.15) is 31.3 Å². The zero-order valence-electron chi connectivity index (χ0n) is 15.1. The SMILES string of the molecule is O=C(O)N1CCC(Cn2/c(=N\C(=O)C(F)(F)F)sc3cc(C(F)(F)F)ccc32)CC1. The van der Waals surface area contributed by atoms with Crippen LogP contribution in [0.5, 0.6) is 0 Å². The van der Waals surface area contributed by atoms with Crippen LogP contribution in [0.25, 0.3) is 10.2 Å². The molecule has 6 nitrogen and oxygen atoms in total. The lowest BCUT2D eigenvalue weighted by molar-refractivity contribution is -0.169. The number of hydrogen-bond acceptors (Lipinski definition) is 3. The molecule has 2 aromatic rings. The van der Waals surface area contributed by atoms with Crippen LogP contribution in [0.4, 0.5) is 31.1 Å². The van der Waals surface area contributed by atoms with E-state index in [-0.39, 0.29) is 40.6 Å². The molecule has 2 heterocycles. The molecule has 0 spiro atoms. The Bertz CT molecular complexity index is 1030. The van der Waals surface area contributed by atoms with Crippen LogP contribution in [0.1, 0.15) is 18.4 Å². The number of amides is 2. The van der Waals surface area contributed by atoms with Crippen molar-refractivity contribution in [3.63, 3.8) is 0 Å². The van der Waals surface area contributed by atoms with Gasteiger partial charge in [-0.05, 0) is 37.0 Å². The van der Waals surface area contributed by atoms with Crippen LogP contribution < -0.4 is 4.80 Å². The summed E-state index contributed by atoms with van der Waals surface area (Å²) in [6.45, 7) is 0.562. The van der Waals surface area contributed by atoms with Crippen molar-refractivity contribution in [2.45, 2.75) is 31.7 Å². The third-order valence-corrected chi connectivity index (χ3v) is 5.82. The molecular formula is C17H15F6N3O3S. The van der Waals surface area contributed by atoms with Gasteiger partial charge >= 0.3 is 24.4 Å². The fourth-order valence-corrected chi connectivity index (χ4v) is 4.30. The summed E-state index contributed by atoms with van der Waals surface area (Å²) in [5.74, 6) is -2.49. The molecule has 13 heteroatoms. The van der Waals surface area contributed by atoms with E-state index in [1.165, 1.54) is 9.47 Å². The minimum atomic E-state index is -5.21. The molecule has 1 N–H and O–H groups in total. The zero-order chi connectivity index (χ0) is 22.3. The Kier molecular flexibility index (Phi) is 5.85. The Labute approximate surface area is 169 Å². The molecule has 1 aliphatic heterocycles. The van der Waals surface area contributed by atoms with Gasteiger partial charge in [0, 0.05) is 19.6 Å². The molecule has 2 amide bonds. The number of halogens is 6. The van der Waals surface area contributed by atoms with E-state index in [0.717, 1.165) is 18.2 Å². The van der Waals surface area contributed by atoms with Crippen LogP contribution in [0.15, 0.2) is 23.2 Å². The molecule has 0 bridgehead atoms. The summed E-state index contributed by atoms with van der Waals surface area (Å²) >= 11 is 0.564. The Morgan fingerprint density at radius 2 is 1.77 bits per heavy atom. The van der Waals surface area contributed by atoms with Crippen LogP contribution in [-0.4, -0.2) is 45.8 Å². The molecule has 0 atom stereocenters. The molecule has 0 unspecified atom stereocenters. The summed E-state index contributed by atoms with van der Waals surface area (Å²) in [7, 11) is 0. The molecule has 1 saturated heterocycles. The molecular weight excluding hydrogens is 440 g/mol. The van der Waals surface area contributed by atoms with Crippen molar-refractivity contribution in [3.05, 3.63) is 28.6 Å². The van der Waals surface area contributed by atoms with Crippen LogP contribution in [0.3, 0.4) is 0 Å². The van der Waals surface area contributed by atoms with Gasteiger partial charge in [-0.3, -0.25) is 4.79 Å². The van der Waals surface area contributed by atoms with E-state index in [1.54, 1.807) is 0 Å². The molecule has 0 aliphatic carbocycles. The number of carboxylic acid groups (broad SMARTS) is 1. The van der Waals surface area contributed by atoms with E-state index in [9.17, 15) is 35.9 Å². The molecule has 1 aromatic carbocycles. The smallest absolute Gasteiger partial charge is 0.465 e. The van der Waals surface area contributed by atoms with Gasteiger partial charge in [-0.15, -0.1) is 0 Å². The van der Waals surface area contributed by atoms with Gasteiger partial charge in [0.1, 0.15) is 0 Å². The van der Waals surface area contributed by atoms with Crippen LogP contribution in [0, 0.1) is 5.92 Å². The Morgan fingerprint density at radius 1 is 1.13 bits per heavy atom. The van der Waals surface area contributed by atoms with Gasteiger partial charge in [-0.1, -0.05) is 11.3 Å². The van der Waals surface area contributed by atoms with E-state index in [1.807, 2.05) is 0 Å². The zero-order valence-corrected chi connectivity index (χ0v) is 15.9. The highest BCUT2D eigenvalue weighted by Crippen LogP contribution is 2.33. The number of thiazole rings is 1. The highest BCUT2D eigenvalue weighted by molar-refractivity contribution is 7.16. The summed E-state index contributed by atoms with van der Waals surface area (Å²) in [5, 5.41) is 9.01. The minimum Gasteiger partial charge on any atom is -0.465 e. The fourth-order valence-electron chi connectivity index (χ4n) is 3.23. The Balaban J connectivity index is 2.02. The molecule has 164 valence electrons. The third-order valence-electron chi connectivity index (χ3n) is 4.78. The summed E-state index contributed by atoms with van der Waals surface area (Å²) in [5.41, 5.74) is -0.741. The summed E-state index contributed by atoms with van der Waals surface area (Å²) < 4.78 is 78.3. The first-order chi connectivity index (χ1) is 13.9. The normalized spacial score (nSPS) is 17.0. The maximum absolute atomic E-state index is 13.0. The topological polar surface area (TPSA) is 74.9 Å². The van der Waals surface area contributed by atoms with Crippen LogP contribution in [0.2, 0.25) is 0 Å². The highest BCUT2D eigenvalue weighted by atomic mass is 32.1. The summed E-state index contributed by atoms with van der Waals surface area (Å²) in [4.78, 5) is 26.3. The number of rotatable bonds is 2. The number of alkyl halides is 6. The molecule has 3 rings (SSSR count). The summed E-state index contributed by atoms with van der Waals surface area (Å²) in [6, 6.07) is 2.76. The molecule has 30 heavy (non-hydrogen) atoms. The van der Waals surface area contributed by atoms with Crippen LogP contribution in [-0.2, 0) is 17.5 Å². The van der Waals surface area contributed by atoms with E-state index in [0.29, 0.717) is 24.2 Å². The Morgan fingerprint density at radius 3 is 2.30 bits per heavy atom.